The minimum Gasteiger partial charge on any atom is -0.117 e. The van der Waals surface area contributed by atoms with Gasteiger partial charge in [0.15, 0.2) is 7.02 Å². The van der Waals surface area contributed by atoms with Crippen molar-refractivity contribution in [3.63, 3.8) is 0 Å². The first-order chi connectivity index (χ1) is 3.93. The summed E-state index contributed by atoms with van der Waals surface area (Å²) in [5, 5.41) is 1.42. The summed E-state index contributed by atoms with van der Waals surface area (Å²) in [6, 6.07) is 10.5. The molecule has 0 aromatic heterocycles. The second kappa shape index (κ2) is 3.24. The molecule has 1 rings (SSSR count). The third-order valence-electron chi connectivity index (χ3n) is 0.883. The molecule has 40 valence electrons. The van der Waals surface area contributed by atoms with E-state index in [0.717, 1.165) is 7.02 Å². The summed E-state index contributed by atoms with van der Waals surface area (Å²) < 4.78 is 0. The molecule has 0 bridgehead atoms. The molecule has 0 nitrogen and oxygen atoms in total. The molecule has 1 aromatic rings. The van der Waals surface area contributed by atoms with E-state index in [1.165, 1.54) is 5.19 Å². The van der Waals surface area contributed by atoms with Gasteiger partial charge in [-0.3, -0.25) is 0 Å². The predicted octanol–water partition coefficient (Wildman–Crippen LogP) is 1.37. The lowest BCUT2D eigenvalue weighted by molar-refractivity contribution is 1.77. The summed E-state index contributed by atoms with van der Waals surface area (Å²) >= 11 is 2.38. The van der Waals surface area contributed by atoms with Gasteiger partial charge in [0.1, 0.15) is 0 Å². The lowest BCUT2D eigenvalue weighted by atomic mass is 10.4. The summed E-state index contributed by atoms with van der Waals surface area (Å²) in [5.41, 5.74) is 0. The van der Waals surface area contributed by atoms with E-state index in [4.69, 9.17) is 0 Å². The minimum atomic E-state index is 0.900. The number of halogens is 1. The monoisotopic (exact) mass is 232 g/mol. The van der Waals surface area contributed by atoms with E-state index in [0.29, 0.717) is 0 Å². The van der Waals surface area contributed by atoms with Crippen LogP contribution in [0.2, 0.25) is 0 Å². The Kier molecular flexibility index (Phi) is 2.55. The van der Waals surface area contributed by atoms with Gasteiger partial charge in [-0.1, -0.05) is 35.5 Å². The molecule has 0 aliphatic rings. The van der Waals surface area contributed by atoms with E-state index >= 15 is 0 Å². The van der Waals surface area contributed by atoms with Gasteiger partial charge in [0, 0.05) is 0 Å². The van der Waals surface area contributed by atoms with E-state index in [9.17, 15) is 0 Å². The zero-order chi connectivity index (χ0) is 5.82. The molecule has 0 amide bonds. The average Bonchev–Trinajstić information content (AvgIpc) is 1.90. The van der Waals surface area contributed by atoms with E-state index in [-0.39, 0.29) is 0 Å². The Hall–Kier alpha value is 0.167. The molecule has 0 unspecified atom stereocenters. The lowest BCUT2D eigenvalue weighted by Crippen LogP contribution is -2.04. The minimum absolute atomic E-state index is 0.900. The van der Waals surface area contributed by atoms with Crippen LogP contribution in [-0.2, 0) is 0 Å². The SMILES string of the molecule is I[Si]c1ccccc1. The molecule has 0 atom stereocenters. The summed E-state index contributed by atoms with van der Waals surface area (Å²) in [7, 11) is 0.900. The van der Waals surface area contributed by atoms with Crippen LogP contribution in [0.5, 0.6) is 0 Å². The van der Waals surface area contributed by atoms with Gasteiger partial charge in [-0.2, -0.15) is 0 Å². The average molecular weight is 232 g/mol. The first-order valence-electron chi connectivity index (χ1n) is 2.35. The van der Waals surface area contributed by atoms with Gasteiger partial charge in [0.25, 0.3) is 0 Å². The van der Waals surface area contributed by atoms with Gasteiger partial charge >= 0.3 is 0 Å². The zero-order valence-electron chi connectivity index (χ0n) is 4.26. The highest BCUT2D eigenvalue weighted by molar-refractivity contribution is 14.1. The van der Waals surface area contributed by atoms with Crippen LogP contribution in [0, 0.1) is 0 Å². The highest BCUT2D eigenvalue weighted by atomic mass is 127. The molecule has 0 aliphatic heterocycles. The van der Waals surface area contributed by atoms with E-state index in [2.05, 4.69) is 46.1 Å². The molecule has 0 saturated heterocycles. The van der Waals surface area contributed by atoms with Crippen LogP contribution in [0.3, 0.4) is 0 Å². The van der Waals surface area contributed by atoms with Crippen molar-refractivity contribution in [2.45, 2.75) is 0 Å². The second-order valence-corrected chi connectivity index (χ2v) is 3.84. The maximum absolute atomic E-state index is 2.38. The van der Waals surface area contributed by atoms with Crippen LogP contribution in [0.1, 0.15) is 0 Å². The Morgan fingerprint density at radius 2 is 1.75 bits per heavy atom. The van der Waals surface area contributed by atoms with Crippen LogP contribution < -0.4 is 5.19 Å². The Bertz CT molecular complexity index is 150. The molecule has 0 spiro atoms. The maximum atomic E-state index is 2.38. The van der Waals surface area contributed by atoms with Crippen LogP contribution >= 0.6 is 21.8 Å². The highest BCUT2D eigenvalue weighted by Gasteiger charge is 1.83. The van der Waals surface area contributed by atoms with Gasteiger partial charge in [0.2, 0.25) is 0 Å². The fraction of sp³-hybridized carbons (Fsp3) is 0. The molecule has 8 heavy (non-hydrogen) atoms. The fourth-order valence-corrected chi connectivity index (χ4v) is 1.90. The standard InChI is InChI=1S/C6H5ISi/c7-8-6-4-2-1-3-5-6/h1-5H. The molecule has 0 fully saturated rings. The van der Waals surface area contributed by atoms with Gasteiger partial charge in [-0.15, -0.1) is 21.8 Å². The molecule has 2 radical (unpaired) electrons. The topological polar surface area (TPSA) is 0 Å². The Morgan fingerprint density at radius 1 is 1.12 bits per heavy atom. The number of hydrogen-bond acceptors (Lipinski definition) is 0. The van der Waals surface area contributed by atoms with Crippen molar-refractivity contribution >= 4 is 34.0 Å². The molecular weight excluding hydrogens is 227 g/mol. The lowest BCUT2D eigenvalue weighted by Gasteiger charge is -1.87. The molecule has 0 N–H and O–H groups in total. The van der Waals surface area contributed by atoms with Crippen molar-refractivity contribution in [3.05, 3.63) is 30.3 Å². The van der Waals surface area contributed by atoms with E-state index in [1.54, 1.807) is 0 Å². The van der Waals surface area contributed by atoms with Gasteiger partial charge in [-0.05, 0) is 0 Å². The van der Waals surface area contributed by atoms with Crippen molar-refractivity contribution in [2.75, 3.05) is 0 Å². The number of rotatable bonds is 1. The van der Waals surface area contributed by atoms with Gasteiger partial charge in [-0.25, -0.2) is 0 Å². The second-order valence-electron chi connectivity index (χ2n) is 1.46. The predicted molar refractivity (Wildman–Crippen MR) is 45.9 cm³/mol. The Labute approximate surface area is 64.3 Å². The molecule has 0 heterocycles. The summed E-state index contributed by atoms with van der Waals surface area (Å²) in [4.78, 5) is 0. The highest BCUT2D eigenvalue weighted by Crippen LogP contribution is 1.83. The number of hydrogen-bond donors (Lipinski definition) is 0. The molecule has 0 saturated carbocycles. The number of benzene rings is 1. The molecule has 0 aliphatic carbocycles. The Balaban J connectivity index is 2.83. The first kappa shape index (κ1) is 6.29. The van der Waals surface area contributed by atoms with Crippen LogP contribution in [-0.4, -0.2) is 7.02 Å². The quantitative estimate of drug-likeness (QED) is 0.389. The maximum Gasteiger partial charge on any atom is 0.169 e. The van der Waals surface area contributed by atoms with Crippen molar-refractivity contribution in [1.29, 1.82) is 0 Å². The molecule has 1 aromatic carbocycles. The molecule has 2 heteroatoms. The normalized spacial score (nSPS) is 9.12. The van der Waals surface area contributed by atoms with Gasteiger partial charge in [0.05, 0.1) is 0 Å². The summed E-state index contributed by atoms with van der Waals surface area (Å²) in [5.74, 6) is 0. The van der Waals surface area contributed by atoms with Crippen LogP contribution in [0.25, 0.3) is 0 Å². The van der Waals surface area contributed by atoms with Crippen molar-refractivity contribution < 1.29 is 0 Å². The van der Waals surface area contributed by atoms with Gasteiger partial charge < -0.3 is 0 Å². The molecular formula is C6H5ISi. The third-order valence-corrected chi connectivity index (χ3v) is 3.30. The van der Waals surface area contributed by atoms with Crippen LogP contribution in [0.15, 0.2) is 30.3 Å². The first-order valence-corrected chi connectivity index (χ1v) is 6.46. The van der Waals surface area contributed by atoms with E-state index in [1.807, 2.05) is 6.07 Å². The van der Waals surface area contributed by atoms with Crippen LogP contribution in [0.4, 0.5) is 0 Å². The summed E-state index contributed by atoms with van der Waals surface area (Å²) in [6.45, 7) is 0. The van der Waals surface area contributed by atoms with Crippen molar-refractivity contribution in [3.8, 4) is 0 Å². The smallest absolute Gasteiger partial charge is 0.117 e. The summed E-state index contributed by atoms with van der Waals surface area (Å²) in [6.07, 6.45) is 0. The third kappa shape index (κ3) is 1.59. The van der Waals surface area contributed by atoms with Crippen molar-refractivity contribution in [2.24, 2.45) is 0 Å². The van der Waals surface area contributed by atoms with E-state index < -0.39 is 0 Å². The largest absolute Gasteiger partial charge is 0.169 e. The zero-order valence-corrected chi connectivity index (χ0v) is 7.42. The van der Waals surface area contributed by atoms with Crippen molar-refractivity contribution in [1.82, 2.24) is 0 Å². The fourth-order valence-electron chi connectivity index (χ4n) is 0.501. The Morgan fingerprint density at radius 3 is 2.12 bits per heavy atom.